The van der Waals surface area contributed by atoms with Crippen molar-refractivity contribution in [2.75, 3.05) is 31.1 Å². The first-order chi connectivity index (χ1) is 12.1. The lowest BCUT2D eigenvalue weighted by molar-refractivity contribution is -0.914. The fourth-order valence-corrected chi connectivity index (χ4v) is 4.16. The maximum absolute atomic E-state index is 12.7. The van der Waals surface area contributed by atoms with Crippen molar-refractivity contribution in [1.82, 2.24) is 15.3 Å². The molecule has 0 unspecified atom stereocenters. The summed E-state index contributed by atoms with van der Waals surface area (Å²) < 4.78 is 0. The monoisotopic (exact) mass is 346 g/mol. The van der Waals surface area contributed by atoms with Gasteiger partial charge in [0.15, 0.2) is 6.04 Å². The second kappa shape index (κ2) is 8.13. The van der Waals surface area contributed by atoms with Crippen LogP contribution in [0.5, 0.6) is 0 Å². The zero-order valence-corrected chi connectivity index (χ0v) is 15.7. The van der Waals surface area contributed by atoms with Crippen molar-refractivity contribution in [2.45, 2.75) is 52.1 Å². The van der Waals surface area contributed by atoms with Crippen molar-refractivity contribution in [1.29, 1.82) is 0 Å². The SMILES string of the molecule is C[C@H]1[C@@H](NC(=O)[C@@H](C)[NH+]2CCN(c3ncccn3)CC2)CCC[C@@H]1C. The Morgan fingerprint density at radius 1 is 1.24 bits per heavy atom. The van der Waals surface area contributed by atoms with Crippen LogP contribution in [0.1, 0.15) is 40.0 Å². The summed E-state index contributed by atoms with van der Waals surface area (Å²) in [7, 11) is 0. The predicted octanol–water partition coefficient (Wildman–Crippen LogP) is 0.511. The van der Waals surface area contributed by atoms with Gasteiger partial charge in [-0.25, -0.2) is 9.97 Å². The lowest BCUT2D eigenvalue weighted by atomic mass is 9.78. The average Bonchev–Trinajstić information content (AvgIpc) is 2.65. The molecule has 25 heavy (non-hydrogen) atoms. The molecule has 1 aliphatic carbocycles. The highest BCUT2D eigenvalue weighted by atomic mass is 16.2. The molecule has 6 nitrogen and oxygen atoms in total. The van der Waals surface area contributed by atoms with E-state index >= 15 is 0 Å². The standard InChI is InChI=1S/C19H31N5O/c1-14-6-4-7-17(15(14)2)22-18(25)16(3)23-10-12-24(13-11-23)19-20-8-5-9-21-19/h5,8-9,14-17H,4,6-7,10-13H2,1-3H3,(H,22,25)/p+1/t14-,15+,16+,17-/m0/s1. The fourth-order valence-electron chi connectivity index (χ4n) is 4.16. The Hall–Kier alpha value is -1.69. The lowest BCUT2D eigenvalue weighted by Crippen LogP contribution is -3.19. The van der Waals surface area contributed by atoms with Crippen molar-refractivity contribution in [3.05, 3.63) is 18.5 Å². The topological polar surface area (TPSA) is 62.6 Å². The number of anilines is 1. The van der Waals surface area contributed by atoms with Gasteiger partial charge in [-0.2, -0.15) is 0 Å². The minimum absolute atomic E-state index is 0.00303. The minimum atomic E-state index is 0.00303. The molecule has 1 amide bonds. The molecule has 6 heteroatoms. The lowest BCUT2D eigenvalue weighted by Gasteiger charge is -2.37. The quantitative estimate of drug-likeness (QED) is 0.834. The molecular formula is C19H32N5O+. The van der Waals surface area contributed by atoms with E-state index in [0.29, 0.717) is 17.9 Å². The Labute approximate surface area is 151 Å². The number of aromatic nitrogens is 2. The molecule has 4 atom stereocenters. The number of carbonyl (C=O) groups is 1. The van der Waals surface area contributed by atoms with Crippen molar-refractivity contribution in [3.8, 4) is 0 Å². The van der Waals surface area contributed by atoms with E-state index in [9.17, 15) is 4.79 Å². The van der Waals surface area contributed by atoms with Crippen LogP contribution in [-0.4, -0.2) is 54.1 Å². The molecule has 0 radical (unpaired) electrons. The Morgan fingerprint density at radius 2 is 1.92 bits per heavy atom. The largest absolute Gasteiger partial charge is 0.348 e. The van der Waals surface area contributed by atoms with Crippen LogP contribution in [-0.2, 0) is 4.79 Å². The van der Waals surface area contributed by atoms with Crippen LogP contribution in [0.25, 0.3) is 0 Å². The third-order valence-electron chi connectivity index (χ3n) is 6.28. The highest BCUT2D eigenvalue weighted by molar-refractivity contribution is 5.80. The minimum Gasteiger partial charge on any atom is -0.348 e. The van der Waals surface area contributed by atoms with E-state index in [2.05, 4.69) is 41.0 Å². The van der Waals surface area contributed by atoms with Crippen molar-refractivity contribution in [2.24, 2.45) is 11.8 Å². The van der Waals surface area contributed by atoms with Crippen LogP contribution in [0, 0.1) is 11.8 Å². The number of hydrogen-bond acceptors (Lipinski definition) is 4. The molecule has 1 saturated heterocycles. The van der Waals surface area contributed by atoms with Gasteiger partial charge in [-0.3, -0.25) is 4.79 Å². The van der Waals surface area contributed by atoms with E-state index in [1.807, 2.05) is 6.07 Å². The second-order valence-electron chi connectivity index (χ2n) is 7.80. The summed E-state index contributed by atoms with van der Waals surface area (Å²) in [4.78, 5) is 25.0. The molecular weight excluding hydrogens is 314 g/mol. The van der Waals surface area contributed by atoms with Crippen molar-refractivity contribution in [3.63, 3.8) is 0 Å². The third kappa shape index (κ3) is 4.29. The molecule has 1 saturated carbocycles. The Kier molecular flexibility index (Phi) is 5.89. The molecule has 1 aromatic rings. The van der Waals surface area contributed by atoms with Crippen LogP contribution >= 0.6 is 0 Å². The van der Waals surface area contributed by atoms with E-state index in [1.165, 1.54) is 17.7 Å². The summed E-state index contributed by atoms with van der Waals surface area (Å²) in [6.45, 7) is 10.3. The molecule has 0 spiro atoms. The number of piperazine rings is 1. The van der Waals surface area contributed by atoms with Gasteiger partial charge < -0.3 is 15.1 Å². The van der Waals surface area contributed by atoms with E-state index in [4.69, 9.17) is 0 Å². The molecule has 2 N–H and O–H groups in total. The Morgan fingerprint density at radius 3 is 2.60 bits per heavy atom. The summed E-state index contributed by atoms with van der Waals surface area (Å²) in [5, 5.41) is 3.34. The number of amides is 1. The van der Waals surface area contributed by atoms with E-state index in [-0.39, 0.29) is 11.9 Å². The van der Waals surface area contributed by atoms with Gasteiger partial charge in [-0.05, 0) is 31.2 Å². The Balaban J connectivity index is 1.50. The van der Waals surface area contributed by atoms with E-state index in [1.54, 1.807) is 12.4 Å². The highest BCUT2D eigenvalue weighted by Crippen LogP contribution is 2.29. The van der Waals surface area contributed by atoms with Crippen LogP contribution in [0.2, 0.25) is 0 Å². The molecule has 138 valence electrons. The van der Waals surface area contributed by atoms with Gasteiger partial charge in [0.05, 0.1) is 26.2 Å². The molecule has 0 aromatic carbocycles. The van der Waals surface area contributed by atoms with Crippen LogP contribution in [0.3, 0.4) is 0 Å². The highest BCUT2D eigenvalue weighted by Gasteiger charge is 2.33. The number of nitrogens with one attached hydrogen (secondary N) is 2. The summed E-state index contributed by atoms with van der Waals surface area (Å²) in [6, 6.07) is 2.19. The summed E-state index contributed by atoms with van der Waals surface area (Å²) >= 11 is 0. The third-order valence-corrected chi connectivity index (χ3v) is 6.28. The van der Waals surface area contributed by atoms with Crippen LogP contribution in [0.4, 0.5) is 5.95 Å². The van der Waals surface area contributed by atoms with Crippen molar-refractivity contribution < 1.29 is 9.69 Å². The summed E-state index contributed by atoms with van der Waals surface area (Å²) in [6.07, 6.45) is 7.21. The Bertz CT molecular complexity index is 558. The number of quaternary nitrogens is 1. The maximum atomic E-state index is 12.7. The normalized spacial score (nSPS) is 29.2. The number of nitrogens with zero attached hydrogens (tertiary/aromatic N) is 3. The van der Waals surface area contributed by atoms with Gasteiger partial charge in [0, 0.05) is 18.4 Å². The van der Waals surface area contributed by atoms with Gasteiger partial charge in [0.25, 0.3) is 5.91 Å². The van der Waals surface area contributed by atoms with Gasteiger partial charge >= 0.3 is 0 Å². The number of rotatable bonds is 4. The van der Waals surface area contributed by atoms with Crippen molar-refractivity contribution >= 4 is 11.9 Å². The molecule has 3 rings (SSSR count). The molecule has 2 aliphatic rings. The molecule has 2 fully saturated rings. The smallest absolute Gasteiger partial charge is 0.278 e. The first-order valence-corrected chi connectivity index (χ1v) is 9.73. The van der Waals surface area contributed by atoms with Gasteiger partial charge in [-0.1, -0.05) is 26.7 Å². The van der Waals surface area contributed by atoms with E-state index < -0.39 is 0 Å². The van der Waals surface area contributed by atoms with E-state index in [0.717, 1.165) is 38.5 Å². The first kappa shape index (κ1) is 18.1. The maximum Gasteiger partial charge on any atom is 0.278 e. The number of carbonyl (C=O) groups excluding carboxylic acids is 1. The number of hydrogen-bond donors (Lipinski definition) is 2. The zero-order chi connectivity index (χ0) is 17.8. The summed E-state index contributed by atoms with van der Waals surface area (Å²) in [5.74, 6) is 2.29. The predicted molar refractivity (Wildman–Crippen MR) is 98.5 cm³/mol. The van der Waals surface area contributed by atoms with Gasteiger partial charge in [-0.15, -0.1) is 0 Å². The molecule has 1 aliphatic heterocycles. The second-order valence-corrected chi connectivity index (χ2v) is 7.80. The van der Waals surface area contributed by atoms with Crippen LogP contribution in [0.15, 0.2) is 18.5 Å². The molecule has 2 heterocycles. The molecule has 0 bridgehead atoms. The first-order valence-electron chi connectivity index (χ1n) is 9.73. The molecule has 1 aromatic heterocycles. The zero-order valence-electron chi connectivity index (χ0n) is 15.7. The fraction of sp³-hybridized carbons (Fsp3) is 0.737. The average molecular weight is 346 g/mol. The summed E-state index contributed by atoms with van der Waals surface area (Å²) in [5.41, 5.74) is 0. The van der Waals surface area contributed by atoms with Gasteiger partial charge in [0.2, 0.25) is 5.95 Å². The van der Waals surface area contributed by atoms with Gasteiger partial charge in [0.1, 0.15) is 0 Å². The van der Waals surface area contributed by atoms with Crippen LogP contribution < -0.4 is 15.1 Å².